The molecule has 2 atom stereocenters. The molecule has 39 heavy (non-hydrogen) atoms. The average Bonchev–Trinajstić information content (AvgIpc) is 2.91. The van der Waals surface area contributed by atoms with Crippen molar-refractivity contribution in [2.24, 2.45) is 0 Å². The van der Waals surface area contributed by atoms with Crippen LogP contribution in [-0.4, -0.2) is 43.8 Å². The zero-order chi connectivity index (χ0) is 28.7. The zero-order valence-corrected chi connectivity index (χ0v) is 24.1. The Bertz CT molecular complexity index is 1410. The third-order valence-corrected chi connectivity index (χ3v) is 8.62. The lowest BCUT2D eigenvalue weighted by Crippen LogP contribution is -2.52. The fourth-order valence-corrected chi connectivity index (χ4v) is 5.62. The highest BCUT2D eigenvalue weighted by Crippen LogP contribution is 2.26. The van der Waals surface area contributed by atoms with Crippen molar-refractivity contribution in [3.8, 4) is 0 Å². The number of halogens is 3. The topological polar surface area (TPSA) is 86.8 Å². The van der Waals surface area contributed by atoms with Gasteiger partial charge in [0, 0.05) is 22.6 Å². The minimum absolute atomic E-state index is 0.0663. The molecule has 0 spiro atoms. The lowest BCUT2D eigenvalue weighted by molar-refractivity contribution is -0.139. The molecule has 208 valence electrons. The van der Waals surface area contributed by atoms with Gasteiger partial charge in [0.1, 0.15) is 18.4 Å². The maximum Gasteiger partial charge on any atom is 0.264 e. The Morgan fingerprint density at radius 1 is 0.974 bits per heavy atom. The highest BCUT2D eigenvalue weighted by Gasteiger charge is 2.33. The molecule has 3 aromatic carbocycles. The lowest BCUT2D eigenvalue weighted by atomic mass is 10.1. The maximum absolute atomic E-state index is 13.9. The number of amides is 2. The first-order chi connectivity index (χ1) is 18.4. The van der Waals surface area contributed by atoms with Crippen LogP contribution in [0.25, 0.3) is 0 Å². The first kappa shape index (κ1) is 30.4. The van der Waals surface area contributed by atoms with Crippen LogP contribution in [0.5, 0.6) is 0 Å². The van der Waals surface area contributed by atoms with Crippen LogP contribution in [0.15, 0.2) is 77.7 Å². The van der Waals surface area contributed by atoms with Crippen LogP contribution >= 0.6 is 23.2 Å². The minimum Gasteiger partial charge on any atom is -0.352 e. The summed E-state index contributed by atoms with van der Waals surface area (Å²) in [4.78, 5) is 28.0. The van der Waals surface area contributed by atoms with Crippen molar-refractivity contribution in [2.45, 2.75) is 50.7 Å². The van der Waals surface area contributed by atoms with Gasteiger partial charge in [0.25, 0.3) is 10.0 Å². The Hall–Kier alpha value is -3.14. The first-order valence-corrected chi connectivity index (χ1v) is 14.5. The number of hydrogen-bond donors (Lipinski definition) is 1. The number of anilines is 1. The summed E-state index contributed by atoms with van der Waals surface area (Å²) in [6, 6.07) is 16.1. The summed E-state index contributed by atoms with van der Waals surface area (Å²) in [5.74, 6) is -1.62. The molecule has 1 N–H and O–H groups in total. The Labute approximate surface area is 238 Å². The van der Waals surface area contributed by atoms with Crippen molar-refractivity contribution in [1.82, 2.24) is 10.2 Å². The molecule has 0 aliphatic heterocycles. The van der Waals surface area contributed by atoms with Gasteiger partial charge in [-0.15, -0.1) is 0 Å². The number of nitrogens with one attached hydrogen (secondary N) is 1. The van der Waals surface area contributed by atoms with Crippen LogP contribution < -0.4 is 9.62 Å². The fraction of sp³-hybridized carbons (Fsp3) is 0.286. The van der Waals surface area contributed by atoms with Gasteiger partial charge in [-0.25, -0.2) is 12.8 Å². The number of carbonyl (C=O) groups excluding carboxylic acids is 2. The van der Waals surface area contributed by atoms with Gasteiger partial charge in [0.05, 0.1) is 10.6 Å². The van der Waals surface area contributed by atoms with E-state index in [0.717, 1.165) is 28.6 Å². The van der Waals surface area contributed by atoms with Crippen LogP contribution in [-0.2, 0) is 26.2 Å². The number of carbonyl (C=O) groups is 2. The predicted molar refractivity (Wildman–Crippen MR) is 152 cm³/mol. The quantitative estimate of drug-likeness (QED) is 0.311. The fourth-order valence-electron chi connectivity index (χ4n) is 3.74. The second-order valence-electron chi connectivity index (χ2n) is 9.05. The number of sulfonamides is 1. The lowest BCUT2D eigenvalue weighted by Gasteiger charge is -2.32. The van der Waals surface area contributed by atoms with Gasteiger partial charge in [0.15, 0.2) is 0 Å². The molecule has 0 saturated heterocycles. The number of rotatable bonds is 11. The third-order valence-electron chi connectivity index (χ3n) is 6.25. The van der Waals surface area contributed by atoms with Crippen molar-refractivity contribution in [1.29, 1.82) is 0 Å². The molecule has 0 aliphatic rings. The van der Waals surface area contributed by atoms with Gasteiger partial charge in [-0.3, -0.25) is 13.9 Å². The van der Waals surface area contributed by atoms with E-state index < -0.39 is 40.2 Å². The van der Waals surface area contributed by atoms with E-state index in [2.05, 4.69) is 5.32 Å². The molecular weight excluding hydrogens is 564 g/mol. The number of hydrogen-bond acceptors (Lipinski definition) is 4. The Morgan fingerprint density at radius 2 is 1.62 bits per heavy atom. The summed E-state index contributed by atoms with van der Waals surface area (Å²) < 4.78 is 41.8. The normalized spacial score (nSPS) is 12.9. The van der Waals surface area contributed by atoms with Gasteiger partial charge in [-0.2, -0.15) is 0 Å². The summed E-state index contributed by atoms with van der Waals surface area (Å²) in [6.07, 6.45) is 0.688. The van der Waals surface area contributed by atoms with Crippen molar-refractivity contribution in [3.05, 3.63) is 94.2 Å². The van der Waals surface area contributed by atoms with Gasteiger partial charge in [0.2, 0.25) is 11.8 Å². The molecule has 0 radical (unpaired) electrons. The van der Waals surface area contributed by atoms with Crippen molar-refractivity contribution >= 4 is 50.7 Å². The molecule has 0 fully saturated rings. The molecule has 0 aliphatic carbocycles. The minimum atomic E-state index is -4.28. The predicted octanol–water partition coefficient (Wildman–Crippen LogP) is 5.66. The number of nitrogens with zero attached hydrogens (tertiary/aromatic N) is 2. The Kier molecular flexibility index (Phi) is 10.4. The molecule has 2 amide bonds. The van der Waals surface area contributed by atoms with E-state index in [1.807, 2.05) is 13.8 Å². The van der Waals surface area contributed by atoms with E-state index in [9.17, 15) is 22.4 Å². The molecule has 11 heteroatoms. The molecule has 0 aromatic heterocycles. The maximum atomic E-state index is 13.9. The van der Waals surface area contributed by atoms with Gasteiger partial charge < -0.3 is 10.2 Å². The average molecular weight is 595 g/mol. The zero-order valence-electron chi connectivity index (χ0n) is 21.8. The summed E-state index contributed by atoms with van der Waals surface area (Å²) in [7, 11) is -4.28. The monoisotopic (exact) mass is 593 g/mol. The van der Waals surface area contributed by atoms with Gasteiger partial charge in [-0.1, -0.05) is 54.4 Å². The van der Waals surface area contributed by atoms with Crippen LogP contribution in [0.3, 0.4) is 0 Å². The second kappa shape index (κ2) is 13.3. The highest BCUT2D eigenvalue weighted by molar-refractivity contribution is 7.92. The summed E-state index contributed by atoms with van der Waals surface area (Å²) >= 11 is 12.4. The van der Waals surface area contributed by atoms with Gasteiger partial charge >= 0.3 is 0 Å². The van der Waals surface area contributed by atoms with Crippen molar-refractivity contribution in [3.63, 3.8) is 0 Å². The summed E-state index contributed by atoms with van der Waals surface area (Å²) in [5.41, 5.74) is 0.765. The van der Waals surface area contributed by atoms with E-state index in [1.54, 1.807) is 49.4 Å². The molecule has 3 aromatic rings. The van der Waals surface area contributed by atoms with Crippen molar-refractivity contribution < 1.29 is 22.4 Å². The van der Waals surface area contributed by atoms with E-state index >= 15 is 0 Å². The summed E-state index contributed by atoms with van der Waals surface area (Å²) in [5, 5.41) is 3.57. The van der Waals surface area contributed by atoms with E-state index in [1.165, 1.54) is 11.0 Å². The number of benzene rings is 3. The standard InChI is InChI=1S/C28H30Cl2FN3O4S/c1-4-19(2)32-28(36)20(3)33(17-21-10-11-22(29)16-26(21)30)27(35)18-34(24-8-6-5-7-9-24)39(37,38)25-14-12-23(31)13-15-25/h5-16,19-20H,4,17-18H2,1-3H3,(H,32,36). The van der Waals surface area contributed by atoms with E-state index in [0.29, 0.717) is 22.0 Å². The van der Waals surface area contributed by atoms with Gasteiger partial charge in [-0.05, 0) is 74.4 Å². The largest absolute Gasteiger partial charge is 0.352 e. The smallest absolute Gasteiger partial charge is 0.264 e. The van der Waals surface area contributed by atoms with Crippen LogP contribution in [0.1, 0.15) is 32.8 Å². The van der Waals surface area contributed by atoms with E-state index in [4.69, 9.17) is 23.2 Å². The molecule has 2 unspecified atom stereocenters. The summed E-state index contributed by atoms with van der Waals surface area (Å²) in [6.45, 7) is 4.66. The van der Waals surface area contributed by atoms with Crippen LogP contribution in [0, 0.1) is 5.82 Å². The molecular formula is C28H30Cl2FN3O4S. The Morgan fingerprint density at radius 3 is 2.21 bits per heavy atom. The van der Waals surface area contributed by atoms with Crippen LogP contribution in [0.4, 0.5) is 10.1 Å². The molecule has 0 heterocycles. The highest BCUT2D eigenvalue weighted by atomic mass is 35.5. The Balaban J connectivity index is 2.02. The number of para-hydroxylation sites is 1. The van der Waals surface area contributed by atoms with Crippen molar-refractivity contribution in [2.75, 3.05) is 10.8 Å². The second-order valence-corrected chi connectivity index (χ2v) is 11.8. The SMILES string of the molecule is CCC(C)NC(=O)C(C)N(Cc1ccc(Cl)cc1Cl)C(=O)CN(c1ccccc1)S(=O)(=O)c1ccc(F)cc1. The van der Waals surface area contributed by atoms with E-state index in [-0.39, 0.29) is 23.2 Å². The molecule has 0 bridgehead atoms. The first-order valence-electron chi connectivity index (χ1n) is 12.3. The molecule has 0 saturated carbocycles. The third kappa shape index (κ3) is 7.71. The molecule has 7 nitrogen and oxygen atoms in total. The molecule has 3 rings (SSSR count). The van der Waals surface area contributed by atoms with Crippen LogP contribution in [0.2, 0.25) is 10.0 Å².